The Labute approximate surface area is 150 Å². The molecule has 2 aliphatic heterocycles. The van der Waals surface area contributed by atoms with Crippen molar-refractivity contribution in [2.45, 2.75) is 25.3 Å². The van der Waals surface area contributed by atoms with Crippen LogP contribution in [-0.2, 0) is 0 Å². The summed E-state index contributed by atoms with van der Waals surface area (Å²) in [5.74, 6) is -0.179. The number of nitrogens with zero attached hydrogens (tertiary/aromatic N) is 2. The van der Waals surface area contributed by atoms with Crippen LogP contribution in [0.3, 0.4) is 0 Å². The van der Waals surface area contributed by atoms with E-state index in [1.807, 2.05) is 18.2 Å². The Morgan fingerprint density at radius 3 is 3.19 bits per heavy atom. The van der Waals surface area contributed by atoms with Gasteiger partial charge in [-0.2, -0.15) is 5.10 Å². The van der Waals surface area contributed by atoms with Gasteiger partial charge in [-0.3, -0.25) is 14.8 Å². The molecule has 0 saturated carbocycles. The number of H-pyrrole nitrogens is 1. The Morgan fingerprint density at radius 1 is 1.35 bits per heavy atom. The van der Waals surface area contributed by atoms with Crippen molar-refractivity contribution in [3.63, 3.8) is 0 Å². The minimum atomic E-state index is -0.179. The van der Waals surface area contributed by atoms with Gasteiger partial charge in [0.15, 0.2) is 0 Å². The summed E-state index contributed by atoms with van der Waals surface area (Å²) in [5.41, 5.74) is 4.55. The molecule has 2 aliphatic rings. The summed E-state index contributed by atoms with van der Waals surface area (Å²) in [4.78, 5) is 14.8. The number of hydrogen-bond donors (Lipinski definition) is 2. The first-order valence-electron chi connectivity index (χ1n) is 9.03. The monoisotopic (exact) mass is 348 g/mol. The van der Waals surface area contributed by atoms with Crippen LogP contribution < -0.4 is 5.32 Å². The zero-order valence-corrected chi connectivity index (χ0v) is 14.4. The van der Waals surface area contributed by atoms with Crippen LogP contribution in [0.5, 0.6) is 0 Å². The SMILES string of the molecule is O=C(Nc1ccc2[nH]nc(C3=CCN4CCCC4C3)c2c1)c1ccoc1. The highest BCUT2D eigenvalue weighted by Crippen LogP contribution is 2.34. The zero-order chi connectivity index (χ0) is 17.5. The van der Waals surface area contributed by atoms with Gasteiger partial charge < -0.3 is 9.73 Å². The van der Waals surface area contributed by atoms with E-state index >= 15 is 0 Å². The smallest absolute Gasteiger partial charge is 0.258 e. The van der Waals surface area contributed by atoms with E-state index < -0.39 is 0 Å². The molecule has 0 radical (unpaired) electrons. The van der Waals surface area contributed by atoms with E-state index in [4.69, 9.17) is 4.42 Å². The molecule has 26 heavy (non-hydrogen) atoms. The van der Waals surface area contributed by atoms with Crippen molar-refractivity contribution in [2.75, 3.05) is 18.4 Å². The highest BCUT2D eigenvalue weighted by molar-refractivity contribution is 6.05. The number of anilines is 1. The highest BCUT2D eigenvalue weighted by Gasteiger charge is 2.29. The summed E-state index contributed by atoms with van der Waals surface area (Å²) in [6.45, 7) is 2.21. The Balaban J connectivity index is 1.45. The van der Waals surface area contributed by atoms with E-state index in [1.54, 1.807) is 6.07 Å². The second kappa shape index (κ2) is 6.14. The Bertz CT molecular complexity index is 987. The van der Waals surface area contributed by atoms with Crippen LogP contribution in [0.4, 0.5) is 5.69 Å². The molecule has 0 spiro atoms. The lowest BCUT2D eigenvalue weighted by molar-refractivity contribution is 0.102. The van der Waals surface area contributed by atoms with Crippen LogP contribution >= 0.6 is 0 Å². The van der Waals surface area contributed by atoms with Crippen molar-refractivity contribution in [1.82, 2.24) is 15.1 Å². The molecule has 5 rings (SSSR count). The molecule has 1 unspecified atom stereocenters. The fraction of sp³-hybridized carbons (Fsp3) is 0.300. The number of furan rings is 1. The third-order valence-electron chi connectivity index (χ3n) is 5.44. The summed E-state index contributed by atoms with van der Waals surface area (Å²) >= 11 is 0. The summed E-state index contributed by atoms with van der Waals surface area (Å²) in [5, 5.41) is 11.7. The minimum absolute atomic E-state index is 0.179. The van der Waals surface area contributed by atoms with E-state index in [0.717, 1.165) is 35.2 Å². The molecule has 6 heteroatoms. The second-order valence-electron chi connectivity index (χ2n) is 7.02. The topological polar surface area (TPSA) is 74.2 Å². The maximum atomic E-state index is 12.2. The van der Waals surface area contributed by atoms with Gasteiger partial charge in [0, 0.05) is 23.7 Å². The number of aromatic amines is 1. The molecule has 1 atom stereocenters. The second-order valence-corrected chi connectivity index (χ2v) is 7.02. The Morgan fingerprint density at radius 2 is 2.31 bits per heavy atom. The van der Waals surface area contributed by atoms with Gasteiger partial charge in [0.1, 0.15) is 6.26 Å². The molecule has 132 valence electrons. The van der Waals surface area contributed by atoms with Gasteiger partial charge in [-0.05, 0) is 55.6 Å². The van der Waals surface area contributed by atoms with Gasteiger partial charge in [-0.1, -0.05) is 6.08 Å². The number of benzene rings is 1. The molecule has 0 aliphatic carbocycles. The van der Waals surface area contributed by atoms with Gasteiger partial charge in [-0.25, -0.2) is 0 Å². The normalized spacial score (nSPS) is 20.2. The highest BCUT2D eigenvalue weighted by atomic mass is 16.3. The van der Waals surface area contributed by atoms with Crippen molar-refractivity contribution in [3.8, 4) is 0 Å². The van der Waals surface area contributed by atoms with Crippen LogP contribution in [0.1, 0.15) is 35.3 Å². The summed E-state index contributed by atoms with van der Waals surface area (Å²) in [7, 11) is 0. The van der Waals surface area contributed by atoms with E-state index in [-0.39, 0.29) is 5.91 Å². The fourth-order valence-corrected chi connectivity index (χ4v) is 4.06. The van der Waals surface area contributed by atoms with E-state index in [9.17, 15) is 4.79 Å². The van der Waals surface area contributed by atoms with Gasteiger partial charge in [0.25, 0.3) is 5.91 Å². The van der Waals surface area contributed by atoms with Gasteiger partial charge in [0.2, 0.25) is 0 Å². The van der Waals surface area contributed by atoms with E-state index in [0.29, 0.717) is 11.6 Å². The Kier molecular flexibility index (Phi) is 3.64. The number of rotatable bonds is 3. The molecule has 2 aromatic heterocycles. The van der Waals surface area contributed by atoms with Crippen LogP contribution in [0.2, 0.25) is 0 Å². The lowest BCUT2D eigenvalue weighted by atomic mass is 9.96. The van der Waals surface area contributed by atoms with E-state index in [2.05, 4.69) is 26.5 Å². The van der Waals surface area contributed by atoms with Crippen LogP contribution in [0, 0.1) is 0 Å². The van der Waals surface area contributed by atoms with Crippen molar-refractivity contribution in [3.05, 3.63) is 54.1 Å². The summed E-state index contributed by atoms with van der Waals surface area (Å²) in [6.07, 6.45) is 8.84. The standard InChI is InChI=1S/C20H20N4O2/c25-20(14-6-9-26-12-14)21-15-3-4-18-17(11-15)19(23-22-18)13-5-8-24-7-1-2-16(24)10-13/h3-6,9,11-12,16H,1-2,7-8,10H2,(H,21,25)(H,22,23). The predicted octanol–water partition coefficient (Wildman–Crippen LogP) is 3.66. The quantitative estimate of drug-likeness (QED) is 0.757. The Hall–Kier alpha value is -2.86. The lowest BCUT2D eigenvalue weighted by Gasteiger charge is -2.28. The van der Waals surface area contributed by atoms with Gasteiger partial charge >= 0.3 is 0 Å². The molecular weight excluding hydrogens is 328 g/mol. The first-order chi connectivity index (χ1) is 12.8. The number of aromatic nitrogens is 2. The molecule has 6 nitrogen and oxygen atoms in total. The van der Waals surface area contributed by atoms with E-state index in [1.165, 1.54) is 37.5 Å². The third-order valence-corrected chi connectivity index (χ3v) is 5.44. The molecule has 1 fully saturated rings. The molecule has 1 saturated heterocycles. The number of fused-ring (bicyclic) bond motifs is 2. The predicted molar refractivity (Wildman–Crippen MR) is 99.9 cm³/mol. The summed E-state index contributed by atoms with van der Waals surface area (Å²) in [6, 6.07) is 8.13. The maximum absolute atomic E-state index is 12.2. The first kappa shape index (κ1) is 15.4. The number of amides is 1. The molecule has 1 amide bonds. The average Bonchev–Trinajstić information content (AvgIpc) is 3.40. The number of hydrogen-bond acceptors (Lipinski definition) is 4. The number of carbonyl (C=O) groups excluding carboxylic acids is 1. The van der Waals surface area contributed by atoms with Crippen molar-refractivity contribution in [2.24, 2.45) is 0 Å². The van der Waals surface area contributed by atoms with Crippen LogP contribution in [0.15, 0.2) is 47.3 Å². The average molecular weight is 348 g/mol. The number of carbonyl (C=O) groups is 1. The molecule has 1 aromatic carbocycles. The molecule has 2 N–H and O–H groups in total. The third kappa shape index (κ3) is 2.63. The maximum Gasteiger partial charge on any atom is 0.258 e. The molecule has 3 aromatic rings. The first-order valence-corrected chi connectivity index (χ1v) is 9.03. The largest absolute Gasteiger partial charge is 0.472 e. The van der Waals surface area contributed by atoms with Gasteiger partial charge in [-0.15, -0.1) is 0 Å². The van der Waals surface area contributed by atoms with Crippen molar-refractivity contribution < 1.29 is 9.21 Å². The van der Waals surface area contributed by atoms with Crippen LogP contribution in [-0.4, -0.2) is 40.1 Å². The van der Waals surface area contributed by atoms with Crippen LogP contribution in [0.25, 0.3) is 16.5 Å². The van der Waals surface area contributed by atoms with Crippen molar-refractivity contribution >= 4 is 28.1 Å². The lowest BCUT2D eigenvalue weighted by Crippen LogP contribution is -2.32. The molecular formula is C20H20N4O2. The molecule has 4 heterocycles. The summed E-state index contributed by atoms with van der Waals surface area (Å²) < 4.78 is 4.98. The zero-order valence-electron chi connectivity index (χ0n) is 14.4. The van der Waals surface area contributed by atoms with Gasteiger partial charge in [0.05, 0.1) is 23.0 Å². The fourth-order valence-electron chi connectivity index (χ4n) is 4.06. The number of nitrogens with one attached hydrogen (secondary N) is 2. The van der Waals surface area contributed by atoms with Crippen molar-refractivity contribution in [1.29, 1.82) is 0 Å². The minimum Gasteiger partial charge on any atom is -0.472 e. The molecule has 0 bridgehead atoms.